The quantitative estimate of drug-likeness (QED) is 0.183. The van der Waals surface area contributed by atoms with Crippen LogP contribution in [0.25, 0.3) is 98.7 Å². The minimum absolute atomic E-state index is 0.00248. The van der Waals surface area contributed by atoms with Crippen molar-refractivity contribution in [3.63, 3.8) is 0 Å². The van der Waals surface area contributed by atoms with Crippen LogP contribution in [-0.4, -0.2) is 14.0 Å². The van der Waals surface area contributed by atoms with Crippen molar-refractivity contribution in [2.75, 3.05) is 0 Å². The van der Waals surface area contributed by atoms with E-state index in [1.807, 2.05) is 6.20 Å². The van der Waals surface area contributed by atoms with Gasteiger partial charge in [0.1, 0.15) is 5.82 Å². The number of hydrogen-bond acceptors (Lipinski definition) is 1. The highest BCUT2D eigenvalue weighted by atomic mass is 15.1. The zero-order valence-corrected chi connectivity index (χ0v) is 28.3. The van der Waals surface area contributed by atoms with Gasteiger partial charge in [0.25, 0.3) is 0 Å². The van der Waals surface area contributed by atoms with Gasteiger partial charge in [0.2, 0.25) is 0 Å². The zero-order chi connectivity index (χ0) is 33.6. The van der Waals surface area contributed by atoms with Gasteiger partial charge >= 0.3 is 0 Å². The molecule has 0 atom stereocenters. The van der Waals surface area contributed by atoms with Gasteiger partial charge in [-0.1, -0.05) is 111 Å². The van der Waals surface area contributed by atoms with Crippen molar-refractivity contribution in [3.8, 4) is 28.1 Å². The molecule has 0 saturated carbocycles. The van der Waals surface area contributed by atoms with Crippen LogP contribution in [0.3, 0.4) is 0 Å². The summed E-state index contributed by atoms with van der Waals surface area (Å²) < 4.78 is 4.81. The standard InChI is InChI=1S/C48H31N3/c1-48(2)39-15-6-3-10-31(39)37-24-28(18-21-40(37)48)30-20-23-45(49-27-30)50-41-16-7-5-12-33(41)38-25-29-19-22-43-46(36(29)26-44(38)50)35-14-9-13-34-32-11-4-8-17-42(32)51(43)47(34)35/h3-27H,1-2H3. The molecule has 0 saturated heterocycles. The first-order valence-electron chi connectivity index (χ1n) is 17.8. The number of para-hydroxylation sites is 3. The summed E-state index contributed by atoms with van der Waals surface area (Å²) in [5, 5.41) is 10.2. The Morgan fingerprint density at radius 2 is 1.20 bits per heavy atom. The number of pyridine rings is 1. The summed E-state index contributed by atoms with van der Waals surface area (Å²) in [6, 6.07) is 53.9. The van der Waals surface area contributed by atoms with E-state index in [1.165, 1.54) is 93.0 Å². The van der Waals surface area contributed by atoms with E-state index in [9.17, 15) is 0 Å². The molecule has 4 aromatic heterocycles. The number of benzene rings is 7. The van der Waals surface area contributed by atoms with Gasteiger partial charge in [0, 0.05) is 49.5 Å². The number of rotatable bonds is 2. The highest BCUT2D eigenvalue weighted by Crippen LogP contribution is 2.49. The molecule has 0 aliphatic heterocycles. The largest absolute Gasteiger partial charge is 0.308 e. The van der Waals surface area contributed by atoms with Crippen molar-refractivity contribution < 1.29 is 0 Å². The summed E-state index contributed by atoms with van der Waals surface area (Å²) in [6.07, 6.45) is 2.04. The van der Waals surface area contributed by atoms with Crippen molar-refractivity contribution >= 4 is 70.7 Å². The number of hydrogen-bond donors (Lipinski definition) is 0. The molecule has 51 heavy (non-hydrogen) atoms. The topological polar surface area (TPSA) is 22.2 Å². The summed E-state index contributed by atoms with van der Waals surface area (Å²) in [5.74, 6) is 0.920. The molecule has 238 valence electrons. The molecule has 0 bridgehead atoms. The second-order valence-electron chi connectivity index (χ2n) is 14.8. The Morgan fingerprint density at radius 3 is 2.06 bits per heavy atom. The van der Waals surface area contributed by atoms with Crippen LogP contribution in [-0.2, 0) is 5.41 Å². The average Bonchev–Trinajstić information content (AvgIpc) is 3.87. The molecule has 0 N–H and O–H groups in total. The molecule has 3 nitrogen and oxygen atoms in total. The summed E-state index contributed by atoms with van der Waals surface area (Å²) >= 11 is 0. The summed E-state index contributed by atoms with van der Waals surface area (Å²) in [7, 11) is 0. The third-order valence-electron chi connectivity index (χ3n) is 11.9. The maximum absolute atomic E-state index is 5.17. The molecule has 0 fully saturated rings. The molecule has 0 unspecified atom stereocenters. The van der Waals surface area contributed by atoms with E-state index in [1.54, 1.807) is 0 Å². The first-order valence-corrected chi connectivity index (χ1v) is 17.8. The lowest BCUT2D eigenvalue weighted by atomic mass is 9.82. The third kappa shape index (κ3) is 3.41. The first kappa shape index (κ1) is 27.4. The van der Waals surface area contributed by atoms with Crippen molar-refractivity contribution in [2.45, 2.75) is 19.3 Å². The van der Waals surface area contributed by atoms with E-state index in [0.29, 0.717) is 0 Å². The molecule has 1 aliphatic rings. The smallest absolute Gasteiger partial charge is 0.137 e. The average molecular weight is 650 g/mol. The molecule has 0 amide bonds. The number of fused-ring (bicyclic) bond motifs is 14. The predicted octanol–water partition coefficient (Wildman–Crippen LogP) is 12.5. The molecule has 11 aromatic rings. The fraction of sp³-hybridized carbons (Fsp3) is 0.0625. The second-order valence-corrected chi connectivity index (χ2v) is 14.8. The van der Waals surface area contributed by atoms with Crippen LogP contribution in [0.1, 0.15) is 25.0 Å². The van der Waals surface area contributed by atoms with Crippen molar-refractivity contribution in [1.29, 1.82) is 0 Å². The van der Waals surface area contributed by atoms with E-state index in [0.717, 1.165) is 16.9 Å². The van der Waals surface area contributed by atoms with Crippen LogP contribution in [0.5, 0.6) is 0 Å². The van der Waals surface area contributed by atoms with Crippen LogP contribution in [0.4, 0.5) is 0 Å². The van der Waals surface area contributed by atoms with Crippen LogP contribution < -0.4 is 0 Å². The van der Waals surface area contributed by atoms with Crippen molar-refractivity contribution in [1.82, 2.24) is 14.0 Å². The van der Waals surface area contributed by atoms with Crippen LogP contribution in [0.15, 0.2) is 152 Å². The molecule has 3 heteroatoms. The first-order chi connectivity index (χ1) is 25.1. The normalized spacial score (nSPS) is 13.8. The van der Waals surface area contributed by atoms with Gasteiger partial charge in [0.15, 0.2) is 0 Å². The van der Waals surface area contributed by atoms with Crippen LogP contribution >= 0.6 is 0 Å². The molecule has 4 heterocycles. The molecule has 0 spiro atoms. The Morgan fingerprint density at radius 1 is 0.471 bits per heavy atom. The lowest BCUT2D eigenvalue weighted by Crippen LogP contribution is -2.14. The zero-order valence-electron chi connectivity index (χ0n) is 28.3. The molecule has 1 aliphatic carbocycles. The predicted molar refractivity (Wildman–Crippen MR) is 214 cm³/mol. The van der Waals surface area contributed by atoms with E-state index in [2.05, 4.69) is 168 Å². The van der Waals surface area contributed by atoms with E-state index >= 15 is 0 Å². The minimum atomic E-state index is -0.00248. The van der Waals surface area contributed by atoms with Crippen molar-refractivity contribution in [2.24, 2.45) is 0 Å². The van der Waals surface area contributed by atoms with Gasteiger partial charge in [-0.15, -0.1) is 0 Å². The maximum Gasteiger partial charge on any atom is 0.137 e. The van der Waals surface area contributed by atoms with Gasteiger partial charge in [0.05, 0.1) is 27.6 Å². The van der Waals surface area contributed by atoms with E-state index < -0.39 is 0 Å². The molecule has 7 aromatic carbocycles. The van der Waals surface area contributed by atoms with Gasteiger partial charge in [-0.2, -0.15) is 0 Å². The second kappa shape index (κ2) is 9.41. The van der Waals surface area contributed by atoms with Crippen LogP contribution in [0.2, 0.25) is 0 Å². The molecule has 0 radical (unpaired) electrons. The van der Waals surface area contributed by atoms with Gasteiger partial charge < -0.3 is 4.40 Å². The molecular weight excluding hydrogens is 619 g/mol. The van der Waals surface area contributed by atoms with Gasteiger partial charge in [-0.25, -0.2) is 4.98 Å². The summed E-state index contributed by atoms with van der Waals surface area (Å²) in [5.41, 5.74) is 13.9. The molecular formula is C48H31N3. The highest BCUT2D eigenvalue weighted by molar-refractivity contribution is 6.30. The Kier molecular flexibility index (Phi) is 5.05. The van der Waals surface area contributed by atoms with Gasteiger partial charge in [-0.3, -0.25) is 4.57 Å². The fourth-order valence-corrected chi connectivity index (χ4v) is 9.55. The third-order valence-corrected chi connectivity index (χ3v) is 11.9. The molecule has 12 rings (SSSR count). The number of aromatic nitrogens is 3. The van der Waals surface area contributed by atoms with Gasteiger partial charge in [-0.05, 0) is 87.1 Å². The van der Waals surface area contributed by atoms with Crippen molar-refractivity contribution in [3.05, 3.63) is 163 Å². The SMILES string of the molecule is CC1(C)c2ccccc2-c2cc(-c3ccc(-n4c5ccccc5c5cc6ccc7c(c6cc54)c4cccc5c6ccccc6n7c54)nc3)ccc21. The maximum atomic E-state index is 5.17. The fourth-order valence-electron chi connectivity index (χ4n) is 9.55. The Hall–Kier alpha value is -6.45. The minimum Gasteiger partial charge on any atom is -0.308 e. The Balaban J connectivity index is 1.07. The Labute approximate surface area is 294 Å². The van der Waals surface area contributed by atoms with E-state index in [-0.39, 0.29) is 5.41 Å². The summed E-state index contributed by atoms with van der Waals surface area (Å²) in [6.45, 7) is 4.66. The highest BCUT2D eigenvalue weighted by Gasteiger charge is 2.35. The lowest BCUT2D eigenvalue weighted by molar-refractivity contribution is 0.660. The van der Waals surface area contributed by atoms with E-state index in [4.69, 9.17) is 4.98 Å². The monoisotopic (exact) mass is 649 g/mol. The Bertz CT molecular complexity index is 3260. The van der Waals surface area contributed by atoms with Crippen LogP contribution in [0, 0.1) is 0 Å². The number of nitrogens with zero attached hydrogens (tertiary/aromatic N) is 3. The lowest BCUT2D eigenvalue weighted by Gasteiger charge is -2.21. The summed E-state index contributed by atoms with van der Waals surface area (Å²) in [4.78, 5) is 5.17.